The van der Waals surface area contributed by atoms with E-state index < -0.39 is 0 Å². The van der Waals surface area contributed by atoms with E-state index in [0.717, 1.165) is 26.3 Å². The first-order chi connectivity index (χ1) is 6.03. The van der Waals surface area contributed by atoms with Crippen molar-refractivity contribution in [1.29, 1.82) is 0 Å². The van der Waals surface area contributed by atoms with E-state index in [4.69, 9.17) is 4.74 Å². The Labute approximate surface area is 81.4 Å². The minimum absolute atomic E-state index is 0.395. The fraction of sp³-hybridized carbons (Fsp3) is 1.00. The van der Waals surface area contributed by atoms with Crippen molar-refractivity contribution in [1.82, 2.24) is 10.2 Å². The molecular weight excluding hydrogens is 164 g/mol. The molecule has 0 amide bonds. The maximum atomic E-state index is 5.19. The van der Waals surface area contributed by atoms with Crippen LogP contribution in [0.5, 0.6) is 0 Å². The first-order valence-corrected chi connectivity index (χ1v) is 4.98. The lowest BCUT2D eigenvalue weighted by atomic mass is 9.89. The summed E-state index contributed by atoms with van der Waals surface area (Å²) < 4.78 is 5.19. The molecule has 1 unspecified atom stereocenters. The van der Waals surface area contributed by atoms with Gasteiger partial charge in [-0.05, 0) is 21.0 Å². The van der Waals surface area contributed by atoms with Gasteiger partial charge >= 0.3 is 0 Å². The Morgan fingerprint density at radius 3 is 2.46 bits per heavy atom. The molecule has 0 saturated carbocycles. The lowest BCUT2D eigenvalue weighted by molar-refractivity contribution is -0.0992. The molecule has 3 nitrogen and oxygen atoms in total. The zero-order valence-electron chi connectivity index (χ0n) is 9.26. The molecule has 13 heavy (non-hydrogen) atoms. The number of likely N-dealkylation sites (N-methyl/N-ethyl adjacent to an activating group) is 1. The van der Waals surface area contributed by atoms with Crippen molar-refractivity contribution >= 4 is 0 Å². The van der Waals surface area contributed by atoms with Gasteiger partial charge in [-0.1, -0.05) is 6.92 Å². The smallest absolute Gasteiger partial charge is 0.0554 e. The molecule has 0 aromatic carbocycles. The third kappa shape index (κ3) is 3.25. The lowest BCUT2D eigenvalue weighted by Gasteiger charge is -2.38. The quantitative estimate of drug-likeness (QED) is 0.679. The monoisotopic (exact) mass is 186 g/mol. The first-order valence-electron chi connectivity index (χ1n) is 4.98. The minimum Gasteiger partial charge on any atom is -0.380 e. The summed E-state index contributed by atoms with van der Waals surface area (Å²) in [7, 11) is 4.22. The molecule has 3 heteroatoms. The molecule has 1 N–H and O–H groups in total. The number of nitrogens with one attached hydrogen (secondary N) is 1. The van der Waals surface area contributed by atoms with Gasteiger partial charge in [-0.15, -0.1) is 0 Å². The Morgan fingerprint density at radius 1 is 1.46 bits per heavy atom. The van der Waals surface area contributed by atoms with Crippen LogP contribution in [0.1, 0.15) is 13.8 Å². The Kier molecular flexibility index (Phi) is 3.71. The van der Waals surface area contributed by atoms with Crippen LogP contribution in [0.2, 0.25) is 0 Å². The van der Waals surface area contributed by atoms with E-state index >= 15 is 0 Å². The van der Waals surface area contributed by atoms with Crippen molar-refractivity contribution in [3.05, 3.63) is 0 Å². The van der Waals surface area contributed by atoms with E-state index in [-0.39, 0.29) is 0 Å². The zero-order chi connectivity index (χ0) is 9.90. The van der Waals surface area contributed by atoms with Gasteiger partial charge in [0.2, 0.25) is 0 Å². The molecule has 1 aliphatic heterocycles. The van der Waals surface area contributed by atoms with Crippen molar-refractivity contribution < 1.29 is 4.74 Å². The molecule has 1 atom stereocenters. The summed E-state index contributed by atoms with van der Waals surface area (Å²) in [6.07, 6.45) is 0. The molecule has 1 rings (SSSR count). The van der Waals surface area contributed by atoms with Gasteiger partial charge < -0.3 is 15.0 Å². The van der Waals surface area contributed by atoms with E-state index in [1.165, 1.54) is 0 Å². The number of nitrogens with zero attached hydrogens (tertiary/aromatic N) is 1. The van der Waals surface area contributed by atoms with Crippen LogP contribution in [0, 0.1) is 5.41 Å². The topological polar surface area (TPSA) is 24.5 Å². The van der Waals surface area contributed by atoms with Crippen LogP contribution >= 0.6 is 0 Å². The van der Waals surface area contributed by atoms with Gasteiger partial charge in [0.15, 0.2) is 0 Å². The Morgan fingerprint density at radius 2 is 2.08 bits per heavy atom. The largest absolute Gasteiger partial charge is 0.380 e. The predicted octanol–water partition coefficient (Wildman–Crippen LogP) is 0.563. The van der Waals surface area contributed by atoms with E-state index in [0.29, 0.717) is 11.5 Å². The van der Waals surface area contributed by atoms with Crippen molar-refractivity contribution in [3.8, 4) is 0 Å². The van der Waals surface area contributed by atoms with Crippen LogP contribution in [0.25, 0.3) is 0 Å². The number of rotatable bonds is 5. The molecule has 1 aliphatic rings. The van der Waals surface area contributed by atoms with Gasteiger partial charge in [0, 0.05) is 24.5 Å². The Bertz CT molecular complexity index is 155. The summed E-state index contributed by atoms with van der Waals surface area (Å²) in [6.45, 7) is 8.46. The normalized spacial score (nSPS) is 22.8. The van der Waals surface area contributed by atoms with Gasteiger partial charge in [-0.25, -0.2) is 0 Å². The standard InChI is InChI=1S/C10H22N2O/c1-9(12(3)4)5-11-6-10(2)7-13-8-10/h9,11H,5-8H2,1-4H3. The minimum atomic E-state index is 0.395. The molecule has 0 spiro atoms. The van der Waals surface area contributed by atoms with Gasteiger partial charge in [0.05, 0.1) is 13.2 Å². The van der Waals surface area contributed by atoms with Crippen LogP contribution in [-0.4, -0.2) is 51.3 Å². The highest BCUT2D eigenvalue weighted by Gasteiger charge is 2.32. The molecule has 0 aliphatic carbocycles. The van der Waals surface area contributed by atoms with Gasteiger partial charge in [0.1, 0.15) is 0 Å². The molecule has 78 valence electrons. The second-order valence-corrected chi connectivity index (χ2v) is 4.75. The van der Waals surface area contributed by atoms with E-state index in [1.807, 2.05) is 0 Å². The molecule has 0 aromatic heterocycles. The van der Waals surface area contributed by atoms with E-state index in [1.54, 1.807) is 0 Å². The van der Waals surface area contributed by atoms with E-state index in [2.05, 4.69) is 38.2 Å². The average molecular weight is 186 g/mol. The molecule has 0 bridgehead atoms. The first kappa shape index (κ1) is 11.0. The van der Waals surface area contributed by atoms with Crippen molar-refractivity contribution in [2.24, 2.45) is 5.41 Å². The second kappa shape index (κ2) is 4.40. The van der Waals surface area contributed by atoms with Crippen molar-refractivity contribution in [3.63, 3.8) is 0 Å². The number of ether oxygens (including phenoxy) is 1. The fourth-order valence-corrected chi connectivity index (χ4v) is 1.32. The highest BCUT2D eigenvalue weighted by Crippen LogP contribution is 2.24. The van der Waals surface area contributed by atoms with Crippen LogP contribution in [-0.2, 0) is 4.74 Å². The highest BCUT2D eigenvalue weighted by atomic mass is 16.5. The van der Waals surface area contributed by atoms with Gasteiger partial charge in [-0.3, -0.25) is 0 Å². The summed E-state index contributed by atoms with van der Waals surface area (Å²) >= 11 is 0. The average Bonchev–Trinajstić information content (AvgIpc) is 2.01. The SMILES string of the molecule is CC(CNCC1(C)COC1)N(C)C. The number of hydrogen-bond acceptors (Lipinski definition) is 3. The molecular formula is C10H22N2O. The zero-order valence-corrected chi connectivity index (χ0v) is 9.26. The molecule has 1 fully saturated rings. The molecule has 0 aromatic rings. The predicted molar refractivity (Wildman–Crippen MR) is 54.9 cm³/mol. The summed E-state index contributed by atoms with van der Waals surface area (Å²) in [5.41, 5.74) is 0.395. The van der Waals surface area contributed by atoms with Crippen LogP contribution in [0.4, 0.5) is 0 Å². The van der Waals surface area contributed by atoms with Crippen molar-refractivity contribution in [2.75, 3.05) is 40.4 Å². The fourth-order valence-electron chi connectivity index (χ4n) is 1.32. The van der Waals surface area contributed by atoms with Crippen LogP contribution in [0.3, 0.4) is 0 Å². The Hall–Kier alpha value is -0.120. The summed E-state index contributed by atoms with van der Waals surface area (Å²) in [4.78, 5) is 2.23. The van der Waals surface area contributed by atoms with Crippen LogP contribution in [0.15, 0.2) is 0 Å². The van der Waals surface area contributed by atoms with Gasteiger partial charge in [-0.2, -0.15) is 0 Å². The number of hydrogen-bond donors (Lipinski definition) is 1. The summed E-state index contributed by atoms with van der Waals surface area (Å²) in [6, 6.07) is 0.601. The van der Waals surface area contributed by atoms with E-state index in [9.17, 15) is 0 Å². The summed E-state index contributed by atoms with van der Waals surface area (Å²) in [5.74, 6) is 0. The second-order valence-electron chi connectivity index (χ2n) is 4.75. The molecule has 0 radical (unpaired) electrons. The maximum absolute atomic E-state index is 5.19. The Balaban J connectivity index is 2.06. The molecule has 1 heterocycles. The lowest BCUT2D eigenvalue weighted by Crippen LogP contribution is -2.49. The third-order valence-electron chi connectivity index (χ3n) is 2.77. The van der Waals surface area contributed by atoms with Crippen LogP contribution < -0.4 is 5.32 Å². The maximum Gasteiger partial charge on any atom is 0.0554 e. The summed E-state index contributed by atoms with van der Waals surface area (Å²) in [5, 5.41) is 3.49. The van der Waals surface area contributed by atoms with Crippen molar-refractivity contribution in [2.45, 2.75) is 19.9 Å². The third-order valence-corrected chi connectivity index (χ3v) is 2.77. The molecule has 1 saturated heterocycles. The van der Waals surface area contributed by atoms with Gasteiger partial charge in [0.25, 0.3) is 0 Å². The highest BCUT2D eigenvalue weighted by molar-refractivity contribution is 4.83.